The van der Waals surface area contributed by atoms with Gasteiger partial charge in [0.05, 0.1) is 12.6 Å². The van der Waals surface area contributed by atoms with Crippen LogP contribution in [0.4, 0.5) is 5.82 Å². The normalized spacial score (nSPS) is 12.8. The van der Waals surface area contributed by atoms with Crippen molar-refractivity contribution in [1.29, 1.82) is 0 Å². The number of rotatable bonds is 3. The van der Waals surface area contributed by atoms with E-state index < -0.39 is 11.0 Å². The molecule has 0 aliphatic rings. The highest BCUT2D eigenvalue weighted by Crippen LogP contribution is 2.10. The van der Waals surface area contributed by atoms with E-state index in [-0.39, 0.29) is 5.82 Å². The minimum Gasteiger partial charge on any atom is -0.392 e. The molecule has 0 saturated heterocycles. The van der Waals surface area contributed by atoms with E-state index >= 15 is 0 Å². The molecule has 0 amide bonds. The van der Waals surface area contributed by atoms with Gasteiger partial charge in [0.1, 0.15) is 6.20 Å². The highest BCUT2D eigenvalue weighted by Gasteiger charge is 2.15. The number of nitro groups is 1. The molecule has 1 unspecified atom stereocenters. The van der Waals surface area contributed by atoms with Crippen molar-refractivity contribution in [3.8, 4) is 0 Å². The number of aliphatic hydroxyl groups is 1. The molecule has 1 aromatic rings. The molecule has 1 atom stereocenters. The standard InChI is InChI=1S/C7H11N3O3/c1-5(11)3-9-4-7(10(12)13)8-6(9)2/h4-5,11H,3H2,1-2H3. The van der Waals surface area contributed by atoms with Gasteiger partial charge >= 0.3 is 5.82 Å². The van der Waals surface area contributed by atoms with Crippen molar-refractivity contribution in [2.45, 2.75) is 26.5 Å². The van der Waals surface area contributed by atoms with Crippen LogP contribution in [0.1, 0.15) is 12.7 Å². The van der Waals surface area contributed by atoms with Crippen LogP contribution in [0, 0.1) is 17.0 Å². The molecule has 1 rings (SSSR count). The zero-order valence-electron chi connectivity index (χ0n) is 7.47. The first-order valence-corrected chi connectivity index (χ1v) is 3.87. The Bertz CT molecular complexity index is 319. The van der Waals surface area contributed by atoms with Crippen LogP contribution in [-0.4, -0.2) is 25.7 Å². The number of aliphatic hydroxyl groups excluding tert-OH is 1. The number of nitrogens with zero attached hydrogens (tertiary/aromatic N) is 3. The fraction of sp³-hybridized carbons (Fsp3) is 0.571. The summed E-state index contributed by atoms with van der Waals surface area (Å²) in [6.07, 6.45) is 0.787. The Kier molecular flexibility index (Phi) is 2.62. The molecule has 1 aromatic heterocycles. The van der Waals surface area contributed by atoms with Gasteiger partial charge in [0.2, 0.25) is 5.82 Å². The quantitative estimate of drug-likeness (QED) is 0.548. The van der Waals surface area contributed by atoms with E-state index in [1.807, 2.05) is 0 Å². The smallest absolute Gasteiger partial charge is 0.381 e. The Balaban J connectivity index is 2.90. The highest BCUT2D eigenvalue weighted by atomic mass is 16.6. The molecule has 6 nitrogen and oxygen atoms in total. The van der Waals surface area contributed by atoms with Crippen LogP contribution in [0.5, 0.6) is 0 Å². The Morgan fingerprint density at radius 2 is 2.46 bits per heavy atom. The molecule has 0 aromatic carbocycles. The Labute approximate surface area is 75.0 Å². The average molecular weight is 185 g/mol. The van der Waals surface area contributed by atoms with E-state index in [1.54, 1.807) is 18.4 Å². The number of aryl methyl sites for hydroxylation is 1. The molecule has 0 fully saturated rings. The summed E-state index contributed by atoms with van der Waals surface area (Å²) in [5, 5.41) is 19.4. The van der Waals surface area contributed by atoms with Crippen LogP contribution in [0.2, 0.25) is 0 Å². The molecule has 0 saturated carbocycles. The maximum atomic E-state index is 10.3. The van der Waals surface area contributed by atoms with Crippen LogP contribution in [-0.2, 0) is 6.54 Å². The zero-order chi connectivity index (χ0) is 10.0. The van der Waals surface area contributed by atoms with E-state index in [1.165, 1.54) is 6.20 Å². The third-order valence-corrected chi connectivity index (χ3v) is 1.61. The topological polar surface area (TPSA) is 81.2 Å². The Morgan fingerprint density at radius 1 is 1.85 bits per heavy atom. The van der Waals surface area contributed by atoms with Gasteiger partial charge in [-0.2, -0.15) is 0 Å². The van der Waals surface area contributed by atoms with E-state index in [0.717, 1.165) is 0 Å². The van der Waals surface area contributed by atoms with Gasteiger partial charge in [-0.05, 0) is 16.8 Å². The molecule has 1 heterocycles. The molecule has 6 heteroatoms. The lowest BCUT2D eigenvalue weighted by molar-refractivity contribution is -0.389. The molecular weight excluding hydrogens is 174 g/mol. The lowest BCUT2D eigenvalue weighted by Gasteiger charge is -2.03. The number of aromatic nitrogens is 2. The number of hydrogen-bond acceptors (Lipinski definition) is 4. The maximum Gasteiger partial charge on any atom is 0.381 e. The van der Waals surface area contributed by atoms with Crippen LogP contribution in [0.25, 0.3) is 0 Å². The average Bonchev–Trinajstić information content (AvgIpc) is 2.31. The summed E-state index contributed by atoms with van der Waals surface area (Å²) >= 11 is 0. The summed E-state index contributed by atoms with van der Waals surface area (Å²) in [7, 11) is 0. The van der Waals surface area contributed by atoms with Gasteiger partial charge in [0.25, 0.3) is 0 Å². The predicted molar refractivity (Wildman–Crippen MR) is 45.3 cm³/mol. The summed E-state index contributed by atoms with van der Waals surface area (Å²) in [5.41, 5.74) is 0. The van der Waals surface area contributed by atoms with E-state index in [9.17, 15) is 10.1 Å². The van der Waals surface area contributed by atoms with Gasteiger partial charge in [0, 0.05) is 6.92 Å². The van der Waals surface area contributed by atoms with Crippen molar-refractivity contribution in [3.05, 3.63) is 22.1 Å². The second-order valence-corrected chi connectivity index (χ2v) is 2.90. The first-order chi connectivity index (χ1) is 6.00. The molecule has 13 heavy (non-hydrogen) atoms. The molecule has 72 valence electrons. The lowest BCUT2D eigenvalue weighted by Crippen LogP contribution is -2.11. The van der Waals surface area contributed by atoms with Crippen LogP contribution in [0.15, 0.2) is 6.20 Å². The summed E-state index contributed by atoms with van der Waals surface area (Å²) in [6, 6.07) is 0. The third-order valence-electron chi connectivity index (χ3n) is 1.61. The van der Waals surface area contributed by atoms with Gasteiger partial charge in [-0.15, -0.1) is 0 Å². The van der Waals surface area contributed by atoms with Crippen molar-refractivity contribution in [3.63, 3.8) is 0 Å². The van der Waals surface area contributed by atoms with Gasteiger partial charge in [-0.25, -0.2) is 0 Å². The summed E-state index contributed by atoms with van der Waals surface area (Å²) < 4.78 is 1.56. The maximum absolute atomic E-state index is 10.3. The third kappa shape index (κ3) is 2.25. The lowest BCUT2D eigenvalue weighted by atomic mass is 10.4. The summed E-state index contributed by atoms with van der Waals surface area (Å²) in [6.45, 7) is 3.60. The molecule has 0 aliphatic heterocycles. The first-order valence-electron chi connectivity index (χ1n) is 3.87. The van der Waals surface area contributed by atoms with Crippen molar-refractivity contribution < 1.29 is 10.0 Å². The monoisotopic (exact) mass is 185 g/mol. The minimum atomic E-state index is -0.550. The number of imidazole rings is 1. The zero-order valence-corrected chi connectivity index (χ0v) is 7.47. The molecule has 0 radical (unpaired) electrons. The summed E-state index contributed by atoms with van der Waals surface area (Å²) in [5.74, 6) is 0.353. The minimum absolute atomic E-state index is 0.182. The van der Waals surface area contributed by atoms with Crippen molar-refractivity contribution in [2.24, 2.45) is 0 Å². The second-order valence-electron chi connectivity index (χ2n) is 2.90. The molecule has 0 aliphatic carbocycles. The predicted octanol–water partition coefficient (Wildman–Crippen LogP) is 0.481. The van der Waals surface area contributed by atoms with Gasteiger partial charge < -0.3 is 19.8 Å². The molecular formula is C7H11N3O3. The fourth-order valence-electron chi connectivity index (χ4n) is 1.05. The summed E-state index contributed by atoms with van der Waals surface area (Å²) in [4.78, 5) is 13.5. The van der Waals surface area contributed by atoms with Crippen molar-refractivity contribution >= 4 is 5.82 Å². The van der Waals surface area contributed by atoms with E-state index in [2.05, 4.69) is 4.98 Å². The van der Waals surface area contributed by atoms with Crippen LogP contribution >= 0.6 is 0 Å². The Morgan fingerprint density at radius 3 is 2.85 bits per heavy atom. The molecule has 1 N–H and O–H groups in total. The SMILES string of the molecule is Cc1nc([N+](=O)[O-])cn1CC(C)O. The van der Waals surface area contributed by atoms with Crippen LogP contribution in [0.3, 0.4) is 0 Å². The van der Waals surface area contributed by atoms with E-state index in [0.29, 0.717) is 12.4 Å². The van der Waals surface area contributed by atoms with Crippen molar-refractivity contribution in [2.75, 3.05) is 0 Å². The molecule has 0 bridgehead atoms. The highest BCUT2D eigenvalue weighted by molar-refractivity contribution is 5.16. The Hall–Kier alpha value is -1.43. The number of hydrogen-bond donors (Lipinski definition) is 1. The van der Waals surface area contributed by atoms with Crippen LogP contribution < -0.4 is 0 Å². The van der Waals surface area contributed by atoms with Gasteiger partial charge in [0.15, 0.2) is 0 Å². The van der Waals surface area contributed by atoms with Gasteiger partial charge in [-0.1, -0.05) is 0 Å². The fourth-order valence-corrected chi connectivity index (χ4v) is 1.05. The second kappa shape index (κ2) is 3.53. The molecule has 0 spiro atoms. The van der Waals surface area contributed by atoms with Crippen molar-refractivity contribution in [1.82, 2.24) is 9.55 Å². The van der Waals surface area contributed by atoms with E-state index in [4.69, 9.17) is 5.11 Å². The largest absolute Gasteiger partial charge is 0.392 e. The first kappa shape index (κ1) is 9.66. The van der Waals surface area contributed by atoms with Gasteiger partial charge in [-0.3, -0.25) is 0 Å².